The number of aromatic nitrogens is 2. The molecule has 1 heterocycles. The third-order valence-electron chi connectivity index (χ3n) is 1.68. The topological polar surface area (TPSA) is 54.9 Å². The fourth-order valence-corrected chi connectivity index (χ4v) is 1.92. The first kappa shape index (κ1) is 11.8. The molecule has 0 saturated carbocycles. The highest BCUT2D eigenvalue weighted by atomic mass is 127. The fraction of sp³-hybridized carbons (Fsp3) is 0.625. The standard InChI is InChI=1S/C8H12IN3OS/c9-4-2-1-3-5-10-8(13)7-6-11-12-14-7/h6H,1-5H2,(H,10,13). The Morgan fingerprint density at radius 2 is 2.36 bits per heavy atom. The molecule has 1 amide bonds. The minimum Gasteiger partial charge on any atom is -0.351 e. The van der Waals surface area contributed by atoms with Crippen molar-refractivity contribution in [1.29, 1.82) is 0 Å². The van der Waals surface area contributed by atoms with Crippen LogP contribution < -0.4 is 5.32 Å². The monoisotopic (exact) mass is 325 g/mol. The number of amides is 1. The Bertz CT molecular complexity index is 266. The molecule has 1 aromatic rings. The van der Waals surface area contributed by atoms with Crippen molar-refractivity contribution in [3.8, 4) is 0 Å². The second kappa shape index (κ2) is 7.10. The maximum absolute atomic E-state index is 11.4. The van der Waals surface area contributed by atoms with Crippen LogP contribution in [-0.2, 0) is 0 Å². The Labute approximate surface area is 101 Å². The molecule has 4 nitrogen and oxygen atoms in total. The molecule has 0 bridgehead atoms. The predicted molar refractivity (Wildman–Crippen MR) is 65.0 cm³/mol. The minimum atomic E-state index is -0.0607. The lowest BCUT2D eigenvalue weighted by molar-refractivity contribution is 0.0957. The number of nitrogens with zero attached hydrogens (tertiary/aromatic N) is 2. The van der Waals surface area contributed by atoms with Gasteiger partial charge in [-0.3, -0.25) is 4.79 Å². The first-order valence-corrected chi connectivity index (χ1v) is 6.76. The van der Waals surface area contributed by atoms with Gasteiger partial charge in [0.15, 0.2) is 0 Å². The summed E-state index contributed by atoms with van der Waals surface area (Å²) in [5.74, 6) is -0.0607. The van der Waals surface area contributed by atoms with E-state index >= 15 is 0 Å². The first-order chi connectivity index (χ1) is 6.84. The Hall–Kier alpha value is -0.240. The van der Waals surface area contributed by atoms with E-state index in [4.69, 9.17) is 0 Å². The van der Waals surface area contributed by atoms with E-state index in [0.717, 1.165) is 24.5 Å². The van der Waals surface area contributed by atoms with Crippen LogP contribution in [0.2, 0.25) is 0 Å². The molecule has 0 aromatic carbocycles. The number of alkyl halides is 1. The summed E-state index contributed by atoms with van der Waals surface area (Å²) >= 11 is 3.48. The summed E-state index contributed by atoms with van der Waals surface area (Å²) in [5.41, 5.74) is 0. The first-order valence-electron chi connectivity index (χ1n) is 4.46. The third-order valence-corrected chi connectivity index (χ3v) is 3.11. The SMILES string of the molecule is O=C(NCCCCCI)c1cnns1. The summed E-state index contributed by atoms with van der Waals surface area (Å²) < 4.78 is 4.82. The van der Waals surface area contributed by atoms with Gasteiger partial charge in [0.2, 0.25) is 0 Å². The van der Waals surface area contributed by atoms with Gasteiger partial charge in [0.1, 0.15) is 4.88 Å². The molecule has 6 heteroatoms. The maximum atomic E-state index is 11.4. The molecule has 0 spiro atoms. The normalized spacial score (nSPS) is 10.1. The molecular formula is C8H12IN3OS. The van der Waals surface area contributed by atoms with E-state index in [9.17, 15) is 4.79 Å². The highest BCUT2D eigenvalue weighted by molar-refractivity contribution is 14.1. The quantitative estimate of drug-likeness (QED) is 0.494. The molecule has 0 unspecified atom stereocenters. The van der Waals surface area contributed by atoms with Crippen LogP contribution in [0.3, 0.4) is 0 Å². The van der Waals surface area contributed by atoms with Crippen LogP contribution in [0, 0.1) is 0 Å². The van der Waals surface area contributed by atoms with Crippen molar-refractivity contribution in [2.75, 3.05) is 11.0 Å². The Morgan fingerprint density at radius 1 is 1.50 bits per heavy atom. The van der Waals surface area contributed by atoms with Gasteiger partial charge in [-0.1, -0.05) is 33.5 Å². The lowest BCUT2D eigenvalue weighted by Crippen LogP contribution is -2.23. The molecule has 0 fully saturated rings. The molecule has 0 saturated heterocycles. The second-order valence-electron chi connectivity index (χ2n) is 2.79. The molecule has 78 valence electrons. The summed E-state index contributed by atoms with van der Waals surface area (Å²) in [4.78, 5) is 11.9. The van der Waals surface area contributed by atoms with Crippen molar-refractivity contribution >= 4 is 40.0 Å². The van der Waals surface area contributed by atoms with Crippen LogP contribution in [-0.4, -0.2) is 26.5 Å². The van der Waals surface area contributed by atoms with Gasteiger partial charge >= 0.3 is 0 Å². The number of carbonyl (C=O) groups is 1. The Balaban J connectivity index is 2.10. The van der Waals surface area contributed by atoms with Crippen LogP contribution in [0.4, 0.5) is 0 Å². The van der Waals surface area contributed by atoms with Crippen molar-refractivity contribution in [2.24, 2.45) is 0 Å². The van der Waals surface area contributed by atoms with E-state index in [-0.39, 0.29) is 5.91 Å². The van der Waals surface area contributed by atoms with E-state index in [1.807, 2.05) is 0 Å². The smallest absolute Gasteiger partial charge is 0.264 e. The highest BCUT2D eigenvalue weighted by Crippen LogP contribution is 2.02. The number of carbonyl (C=O) groups excluding carboxylic acids is 1. The van der Waals surface area contributed by atoms with E-state index in [1.54, 1.807) is 0 Å². The predicted octanol–water partition coefficient (Wildman–Crippen LogP) is 1.87. The molecule has 14 heavy (non-hydrogen) atoms. The van der Waals surface area contributed by atoms with Crippen molar-refractivity contribution in [2.45, 2.75) is 19.3 Å². The number of nitrogens with one attached hydrogen (secondary N) is 1. The van der Waals surface area contributed by atoms with Gasteiger partial charge in [-0.15, -0.1) is 5.10 Å². The lowest BCUT2D eigenvalue weighted by atomic mass is 10.2. The van der Waals surface area contributed by atoms with Crippen LogP contribution in [0.15, 0.2) is 6.20 Å². The third kappa shape index (κ3) is 4.32. The second-order valence-corrected chi connectivity index (χ2v) is 4.65. The summed E-state index contributed by atoms with van der Waals surface area (Å²) in [6, 6.07) is 0. The highest BCUT2D eigenvalue weighted by Gasteiger charge is 2.06. The fourth-order valence-electron chi connectivity index (χ4n) is 0.953. The van der Waals surface area contributed by atoms with Crippen molar-refractivity contribution in [3.05, 3.63) is 11.1 Å². The summed E-state index contributed by atoms with van der Waals surface area (Å²) in [6.07, 6.45) is 4.93. The molecule has 0 atom stereocenters. The molecule has 1 aromatic heterocycles. The average Bonchev–Trinajstić information content (AvgIpc) is 2.70. The zero-order chi connectivity index (χ0) is 10.2. The van der Waals surface area contributed by atoms with E-state index in [0.29, 0.717) is 4.88 Å². The van der Waals surface area contributed by atoms with Crippen molar-refractivity contribution in [3.63, 3.8) is 0 Å². The lowest BCUT2D eigenvalue weighted by Gasteiger charge is -2.01. The Kier molecular flexibility index (Phi) is 6.00. The molecule has 0 aliphatic heterocycles. The summed E-state index contributed by atoms with van der Waals surface area (Å²) in [7, 11) is 0. The molecule has 1 N–H and O–H groups in total. The molecular weight excluding hydrogens is 313 g/mol. The summed E-state index contributed by atoms with van der Waals surface area (Å²) in [5, 5.41) is 6.44. The van der Waals surface area contributed by atoms with E-state index in [2.05, 4.69) is 37.5 Å². The number of hydrogen-bond donors (Lipinski definition) is 1. The number of hydrogen-bond acceptors (Lipinski definition) is 4. The van der Waals surface area contributed by atoms with Gasteiger partial charge in [0.05, 0.1) is 6.20 Å². The van der Waals surface area contributed by atoms with Gasteiger partial charge in [-0.05, 0) is 28.8 Å². The average molecular weight is 325 g/mol. The maximum Gasteiger partial charge on any atom is 0.264 e. The number of halogens is 1. The molecule has 0 aliphatic rings. The van der Waals surface area contributed by atoms with Crippen LogP contribution >= 0.6 is 34.1 Å². The number of rotatable bonds is 6. The minimum absolute atomic E-state index is 0.0607. The van der Waals surface area contributed by atoms with Gasteiger partial charge in [0, 0.05) is 6.54 Å². The van der Waals surface area contributed by atoms with Crippen LogP contribution in [0.1, 0.15) is 28.9 Å². The molecule has 0 radical (unpaired) electrons. The van der Waals surface area contributed by atoms with Gasteiger partial charge < -0.3 is 5.32 Å². The molecule has 0 aliphatic carbocycles. The van der Waals surface area contributed by atoms with Crippen molar-refractivity contribution in [1.82, 2.24) is 14.9 Å². The van der Waals surface area contributed by atoms with E-state index < -0.39 is 0 Å². The Morgan fingerprint density at radius 3 is 3.00 bits per heavy atom. The summed E-state index contributed by atoms with van der Waals surface area (Å²) in [6.45, 7) is 0.743. The number of unbranched alkanes of at least 4 members (excludes halogenated alkanes) is 2. The van der Waals surface area contributed by atoms with Crippen LogP contribution in [0.25, 0.3) is 0 Å². The van der Waals surface area contributed by atoms with Gasteiger partial charge in [-0.2, -0.15) is 0 Å². The van der Waals surface area contributed by atoms with Crippen molar-refractivity contribution < 1.29 is 4.79 Å². The van der Waals surface area contributed by atoms with Crippen LogP contribution in [0.5, 0.6) is 0 Å². The van der Waals surface area contributed by atoms with E-state index in [1.165, 1.54) is 23.5 Å². The largest absolute Gasteiger partial charge is 0.351 e. The zero-order valence-corrected chi connectivity index (χ0v) is 10.7. The van der Waals surface area contributed by atoms with Gasteiger partial charge in [0.25, 0.3) is 5.91 Å². The van der Waals surface area contributed by atoms with Gasteiger partial charge in [-0.25, -0.2) is 0 Å². The molecule has 1 rings (SSSR count). The zero-order valence-electron chi connectivity index (χ0n) is 7.70.